The van der Waals surface area contributed by atoms with Gasteiger partial charge in [0.15, 0.2) is 0 Å². The Bertz CT molecular complexity index is 914. The largest absolute Gasteiger partial charge is 0.467 e. The number of benzene rings is 1. The second kappa shape index (κ2) is 6.65. The highest BCUT2D eigenvalue weighted by Crippen LogP contribution is 2.28. The lowest BCUT2D eigenvalue weighted by atomic mass is 9.96. The molecule has 0 spiro atoms. The van der Waals surface area contributed by atoms with Crippen molar-refractivity contribution in [2.24, 2.45) is 0 Å². The molecule has 24 heavy (non-hydrogen) atoms. The van der Waals surface area contributed by atoms with E-state index in [4.69, 9.17) is 21.6 Å². The lowest BCUT2D eigenvalue weighted by Gasteiger charge is -2.24. The molecule has 0 atom stereocenters. The number of hydrogen-bond acceptors (Lipinski definition) is 3. The highest BCUT2D eigenvalue weighted by molar-refractivity contribution is 9.10. The van der Waals surface area contributed by atoms with E-state index in [9.17, 15) is 0 Å². The summed E-state index contributed by atoms with van der Waals surface area (Å²) in [6.07, 6.45) is 6.18. The SMILES string of the molecule is S=c1nc(-c2ccc(Br)cc2)n(Cc2ccco2)c2c1CCCC2. The average molecular weight is 401 g/mol. The van der Waals surface area contributed by atoms with Gasteiger partial charge < -0.3 is 8.98 Å². The summed E-state index contributed by atoms with van der Waals surface area (Å²) in [5.74, 6) is 1.86. The van der Waals surface area contributed by atoms with Crippen molar-refractivity contribution in [1.29, 1.82) is 0 Å². The summed E-state index contributed by atoms with van der Waals surface area (Å²) < 4.78 is 9.67. The highest BCUT2D eigenvalue weighted by Gasteiger charge is 2.20. The van der Waals surface area contributed by atoms with E-state index in [-0.39, 0.29) is 0 Å². The van der Waals surface area contributed by atoms with Crippen molar-refractivity contribution in [1.82, 2.24) is 9.55 Å². The summed E-state index contributed by atoms with van der Waals surface area (Å²) >= 11 is 9.10. The fourth-order valence-electron chi connectivity index (χ4n) is 3.32. The predicted molar refractivity (Wildman–Crippen MR) is 101 cm³/mol. The van der Waals surface area contributed by atoms with E-state index >= 15 is 0 Å². The van der Waals surface area contributed by atoms with Crippen LogP contribution < -0.4 is 0 Å². The summed E-state index contributed by atoms with van der Waals surface area (Å²) in [6, 6.07) is 12.2. The van der Waals surface area contributed by atoms with Crippen molar-refractivity contribution < 1.29 is 4.42 Å². The van der Waals surface area contributed by atoms with Crippen molar-refractivity contribution in [2.75, 3.05) is 0 Å². The van der Waals surface area contributed by atoms with Gasteiger partial charge in [0.1, 0.15) is 16.2 Å². The van der Waals surface area contributed by atoms with Gasteiger partial charge >= 0.3 is 0 Å². The molecule has 1 aromatic carbocycles. The molecule has 122 valence electrons. The van der Waals surface area contributed by atoms with Crippen LogP contribution in [0.4, 0.5) is 0 Å². The third-order valence-electron chi connectivity index (χ3n) is 4.48. The molecule has 0 unspecified atom stereocenters. The Morgan fingerprint density at radius 2 is 1.92 bits per heavy atom. The van der Waals surface area contributed by atoms with Crippen molar-refractivity contribution in [3.63, 3.8) is 0 Å². The Kier molecular flexibility index (Phi) is 4.37. The molecule has 2 aromatic heterocycles. The minimum absolute atomic E-state index is 0.684. The van der Waals surface area contributed by atoms with Crippen LogP contribution in [0.3, 0.4) is 0 Å². The normalized spacial score (nSPS) is 13.7. The smallest absolute Gasteiger partial charge is 0.142 e. The number of furan rings is 1. The molecule has 0 aliphatic heterocycles. The molecule has 0 N–H and O–H groups in total. The second-order valence-corrected chi connectivity index (χ2v) is 7.35. The van der Waals surface area contributed by atoms with Gasteiger partial charge in [-0.2, -0.15) is 0 Å². The molecule has 1 aliphatic carbocycles. The monoisotopic (exact) mass is 400 g/mol. The zero-order valence-electron chi connectivity index (χ0n) is 13.2. The first-order valence-corrected chi connectivity index (χ1v) is 9.33. The zero-order chi connectivity index (χ0) is 16.5. The maximum absolute atomic E-state index is 5.60. The van der Waals surface area contributed by atoms with E-state index in [1.165, 1.54) is 24.1 Å². The fourth-order valence-corrected chi connectivity index (χ4v) is 3.89. The van der Waals surface area contributed by atoms with Crippen LogP contribution in [0.25, 0.3) is 11.4 Å². The Morgan fingerprint density at radius 1 is 1.12 bits per heavy atom. The molecule has 0 saturated carbocycles. The number of aromatic nitrogens is 2. The molecule has 0 bridgehead atoms. The van der Waals surface area contributed by atoms with Gasteiger partial charge in [-0.25, -0.2) is 4.98 Å². The first-order valence-electron chi connectivity index (χ1n) is 8.13. The van der Waals surface area contributed by atoms with Gasteiger partial charge in [0, 0.05) is 21.3 Å². The van der Waals surface area contributed by atoms with E-state index in [0.717, 1.165) is 39.1 Å². The van der Waals surface area contributed by atoms with Crippen LogP contribution in [0.15, 0.2) is 51.6 Å². The van der Waals surface area contributed by atoms with Gasteiger partial charge in [-0.15, -0.1) is 0 Å². The molecule has 0 saturated heterocycles. The molecule has 5 heteroatoms. The number of hydrogen-bond donors (Lipinski definition) is 0. The third-order valence-corrected chi connectivity index (χ3v) is 5.35. The molecule has 0 amide bonds. The average Bonchev–Trinajstić information content (AvgIpc) is 3.11. The summed E-state index contributed by atoms with van der Waals surface area (Å²) in [5, 5.41) is 0. The highest BCUT2D eigenvalue weighted by atomic mass is 79.9. The Labute approximate surface area is 154 Å². The summed E-state index contributed by atoms with van der Waals surface area (Å²) in [7, 11) is 0. The first kappa shape index (κ1) is 15.8. The Balaban J connectivity index is 1.92. The van der Waals surface area contributed by atoms with Gasteiger partial charge in [0.05, 0.1) is 12.8 Å². The maximum Gasteiger partial charge on any atom is 0.142 e. The van der Waals surface area contributed by atoms with Crippen LogP contribution in [0, 0.1) is 4.64 Å². The number of nitrogens with zero attached hydrogens (tertiary/aromatic N) is 2. The quantitative estimate of drug-likeness (QED) is 0.539. The van der Waals surface area contributed by atoms with Crippen LogP contribution in [-0.2, 0) is 19.4 Å². The van der Waals surface area contributed by atoms with Gasteiger partial charge in [-0.3, -0.25) is 0 Å². The van der Waals surface area contributed by atoms with Crippen molar-refractivity contribution in [3.05, 3.63) is 68.8 Å². The number of rotatable bonds is 3. The van der Waals surface area contributed by atoms with E-state index in [2.05, 4.69) is 32.6 Å². The summed E-state index contributed by atoms with van der Waals surface area (Å²) in [4.78, 5) is 4.79. The van der Waals surface area contributed by atoms with Crippen molar-refractivity contribution >= 4 is 28.1 Å². The van der Waals surface area contributed by atoms with Crippen LogP contribution >= 0.6 is 28.1 Å². The van der Waals surface area contributed by atoms with E-state index in [1.807, 2.05) is 24.3 Å². The van der Waals surface area contributed by atoms with Crippen molar-refractivity contribution in [3.8, 4) is 11.4 Å². The predicted octanol–water partition coefficient (Wildman–Crippen LogP) is 5.56. The third kappa shape index (κ3) is 2.98. The molecule has 2 heterocycles. The van der Waals surface area contributed by atoms with Crippen molar-refractivity contribution in [2.45, 2.75) is 32.2 Å². The van der Waals surface area contributed by atoms with E-state index in [1.54, 1.807) is 6.26 Å². The first-order chi connectivity index (χ1) is 11.7. The van der Waals surface area contributed by atoms with E-state index in [0.29, 0.717) is 6.54 Å². The van der Waals surface area contributed by atoms with Crippen LogP contribution in [0.1, 0.15) is 29.9 Å². The minimum Gasteiger partial charge on any atom is -0.467 e. The standard InChI is InChI=1S/C19H17BrN2OS/c20-14-9-7-13(8-10-14)18-21-19(24)16-5-1-2-6-17(16)22(18)12-15-4-3-11-23-15/h3-4,7-11H,1-2,5-6,12H2. The van der Waals surface area contributed by atoms with Gasteiger partial charge in [-0.05, 0) is 49.9 Å². The molecule has 3 nitrogen and oxygen atoms in total. The Hall–Kier alpha value is -1.72. The molecular formula is C19H17BrN2OS. The second-order valence-electron chi connectivity index (χ2n) is 6.05. The van der Waals surface area contributed by atoms with Gasteiger partial charge in [0.2, 0.25) is 0 Å². The molecular weight excluding hydrogens is 384 g/mol. The van der Waals surface area contributed by atoms with Crippen LogP contribution in [0.5, 0.6) is 0 Å². The number of fused-ring (bicyclic) bond motifs is 1. The topological polar surface area (TPSA) is 31.0 Å². The van der Waals surface area contributed by atoms with Gasteiger partial charge in [0.25, 0.3) is 0 Å². The fraction of sp³-hybridized carbons (Fsp3) is 0.263. The lowest BCUT2D eigenvalue weighted by molar-refractivity contribution is 0.482. The number of halogens is 1. The zero-order valence-corrected chi connectivity index (χ0v) is 15.6. The summed E-state index contributed by atoms with van der Waals surface area (Å²) in [6.45, 7) is 0.684. The molecule has 3 aromatic rings. The molecule has 4 rings (SSSR count). The summed E-state index contributed by atoms with van der Waals surface area (Å²) in [5.41, 5.74) is 3.63. The molecule has 1 aliphatic rings. The minimum atomic E-state index is 0.684. The van der Waals surface area contributed by atoms with Crippen LogP contribution in [-0.4, -0.2) is 9.55 Å². The Morgan fingerprint density at radius 3 is 2.67 bits per heavy atom. The molecule has 0 fully saturated rings. The van der Waals surface area contributed by atoms with Gasteiger partial charge in [-0.1, -0.05) is 40.3 Å². The van der Waals surface area contributed by atoms with E-state index < -0.39 is 0 Å². The maximum atomic E-state index is 5.60. The molecule has 0 radical (unpaired) electrons. The van der Waals surface area contributed by atoms with Crippen LogP contribution in [0.2, 0.25) is 0 Å². The lowest BCUT2D eigenvalue weighted by Crippen LogP contribution is -2.18.